The molecule has 2 heterocycles. The first kappa shape index (κ1) is 7.21. The molecule has 1 aliphatic heterocycles. The zero-order valence-electron chi connectivity index (χ0n) is 6.76. The van der Waals surface area contributed by atoms with Gasteiger partial charge in [0.05, 0.1) is 0 Å². The number of carbonyl (C=O) groups is 1. The summed E-state index contributed by atoms with van der Waals surface area (Å²) in [5.74, 6) is 1.68. The maximum Gasteiger partial charge on any atom is 0.315 e. The lowest BCUT2D eigenvalue weighted by Crippen LogP contribution is -2.21. The molecule has 12 heavy (non-hydrogen) atoms. The Morgan fingerprint density at radius 1 is 1.58 bits per heavy atom. The van der Waals surface area contributed by atoms with E-state index in [2.05, 4.69) is 10.6 Å². The molecular weight excluding hydrogens is 156 g/mol. The maximum atomic E-state index is 10.8. The standard InChI is InChI=1S/C8H10N2O2/c1-5-2-3-7(12-5)6-4-9-8(11)10-6/h2-3,6H,4H2,1H3,(H2,9,10,11)/t6-/m1/s1. The van der Waals surface area contributed by atoms with Gasteiger partial charge in [-0.1, -0.05) is 0 Å². The van der Waals surface area contributed by atoms with Gasteiger partial charge in [0, 0.05) is 6.54 Å². The van der Waals surface area contributed by atoms with Gasteiger partial charge in [0.1, 0.15) is 17.6 Å². The molecule has 0 bridgehead atoms. The number of rotatable bonds is 1. The van der Waals surface area contributed by atoms with E-state index in [1.165, 1.54) is 0 Å². The van der Waals surface area contributed by atoms with Gasteiger partial charge in [-0.05, 0) is 19.1 Å². The fourth-order valence-corrected chi connectivity index (χ4v) is 1.27. The van der Waals surface area contributed by atoms with Crippen LogP contribution in [-0.2, 0) is 0 Å². The van der Waals surface area contributed by atoms with Crippen LogP contribution in [0.1, 0.15) is 17.6 Å². The molecule has 1 aliphatic rings. The Morgan fingerprint density at radius 3 is 2.92 bits per heavy atom. The van der Waals surface area contributed by atoms with E-state index in [1.54, 1.807) is 0 Å². The molecule has 0 radical (unpaired) electrons. The highest BCUT2D eigenvalue weighted by atomic mass is 16.3. The molecule has 64 valence electrons. The Bertz CT molecular complexity index is 306. The molecule has 0 spiro atoms. The van der Waals surface area contributed by atoms with E-state index in [4.69, 9.17) is 4.42 Å². The quantitative estimate of drug-likeness (QED) is 0.652. The van der Waals surface area contributed by atoms with Crippen molar-refractivity contribution in [2.45, 2.75) is 13.0 Å². The average molecular weight is 166 g/mol. The highest BCUT2D eigenvalue weighted by Gasteiger charge is 2.23. The molecule has 1 aromatic heterocycles. The number of hydrogen-bond donors (Lipinski definition) is 2. The van der Waals surface area contributed by atoms with E-state index >= 15 is 0 Å². The Kier molecular flexibility index (Phi) is 1.53. The lowest BCUT2D eigenvalue weighted by Gasteiger charge is -2.02. The zero-order valence-corrected chi connectivity index (χ0v) is 6.76. The Morgan fingerprint density at radius 2 is 2.42 bits per heavy atom. The van der Waals surface area contributed by atoms with Crippen molar-refractivity contribution in [1.82, 2.24) is 10.6 Å². The lowest BCUT2D eigenvalue weighted by atomic mass is 10.2. The van der Waals surface area contributed by atoms with Crippen LogP contribution in [0.2, 0.25) is 0 Å². The summed E-state index contributed by atoms with van der Waals surface area (Å²) in [5.41, 5.74) is 0. The topological polar surface area (TPSA) is 54.3 Å². The van der Waals surface area contributed by atoms with Crippen molar-refractivity contribution < 1.29 is 9.21 Å². The zero-order chi connectivity index (χ0) is 8.55. The largest absolute Gasteiger partial charge is 0.464 e. The predicted octanol–water partition coefficient (Wildman–Crippen LogP) is 0.942. The van der Waals surface area contributed by atoms with Crippen molar-refractivity contribution in [2.75, 3.05) is 6.54 Å². The number of nitrogens with one attached hydrogen (secondary N) is 2. The SMILES string of the molecule is Cc1ccc([C@H]2CNC(=O)N2)o1. The van der Waals surface area contributed by atoms with Crippen LogP contribution in [0.15, 0.2) is 16.5 Å². The van der Waals surface area contributed by atoms with Gasteiger partial charge in [0.15, 0.2) is 0 Å². The molecule has 2 N–H and O–H groups in total. The highest BCUT2D eigenvalue weighted by molar-refractivity contribution is 5.76. The molecule has 2 amide bonds. The summed E-state index contributed by atoms with van der Waals surface area (Å²) in [7, 11) is 0. The molecular formula is C8H10N2O2. The molecule has 0 saturated carbocycles. The van der Waals surface area contributed by atoms with Gasteiger partial charge in [0.25, 0.3) is 0 Å². The predicted molar refractivity (Wildman–Crippen MR) is 42.7 cm³/mol. The van der Waals surface area contributed by atoms with E-state index in [-0.39, 0.29) is 12.1 Å². The number of amides is 2. The summed E-state index contributed by atoms with van der Waals surface area (Å²) in [6.45, 7) is 2.49. The fourth-order valence-electron chi connectivity index (χ4n) is 1.27. The summed E-state index contributed by atoms with van der Waals surface area (Å²) >= 11 is 0. The Labute approximate surface area is 69.9 Å². The summed E-state index contributed by atoms with van der Waals surface area (Å²) in [5, 5.41) is 5.41. The minimum absolute atomic E-state index is 0.00815. The lowest BCUT2D eigenvalue weighted by molar-refractivity contribution is 0.247. The van der Waals surface area contributed by atoms with Crippen LogP contribution in [0.4, 0.5) is 4.79 Å². The van der Waals surface area contributed by atoms with Crippen molar-refractivity contribution in [3.8, 4) is 0 Å². The first-order chi connectivity index (χ1) is 5.75. The molecule has 4 nitrogen and oxygen atoms in total. The van der Waals surface area contributed by atoms with Crippen LogP contribution >= 0.6 is 0 Å². The van der Waals surface area contributed by atoms with Crippen LogP contribution in [0, 0.1) is 6.92 Å². The first-order valence-corrected chi connectivity index (χ1v) is 3.86. The van der Waals surface area contributed by atoms with Crippen LogP contribution in [0.5, 0.6) is 0 Å². The van der Waals surface area contributed by atoms with Crippen molar-refractivity contribution in [3.63, 3.8) is 0 Å². The second kappa shape index (κ2) is 2.55. The van der Waals surface area contributed by atoms with E-state index in [9.17, 15) is 4.79 Å². The van der Waals surface area contributed by atoms with E-state index in [0.717, 1.165) is 11.5 Å². The Hall–Kier alpha value is -1.45. The van der Waals surface area contributed by atoms with Crippen LogP contribution < -0.4 is 10.6 Å². The van der Waals surface area contributed by atoms with Crippen molar-refractivity contribution in [1.29, 1.82) is 0 Å². The van der Waals surface area contributed by atoms with Crippen molar-refractivity contribution in [2.24, 2.45) is 0 Å². The van der Waals surface area contributed by atoms with Crippen LogP contribution in [0.3, 0.4) is 0 Å². The number of aryl methyl sites for hydroxylation is 1. The van der Waals surface area contributed by atoms with Gasteiger partial charge in [-0.3, -0.25) is 0 Å². The second-order valence-corrected chi connectivity index (χ2v) is 2.86. The van der Waals surface area contributed by atoms with Crippen molar-refractivity contribution in [3.05, 3.63) is 23.7 Å². The second-order valence-electron chi connectivity index (χ2n) is 2.86. The van der Waals surface area contributed by atoms with E-state index in [0.29, 0.717) is 6.54 Å². The van der Waals surface area contributed by atoms with E-state index < -0.39 is 0 Å². The maximum absolute atomic E-state index is 10.8. The minimum Gasteiger partial charge on any atom is -0.464 e. The smallest absolute Gasteiger partial charge is 0.315 e. The van der Waals surface area contributed by atoms with Crippen molar-refractivity contribution >= 4 is 6.03 Å². The molecule has 1 fully saturated rings. The Balaban J connectivity index is 2.15. The molecule has 1 saturated heterocycles. The van der Waals surface area contributed by atoms with Crippen LogP contribution in [-0.4, -0.2) is 12.6 Å². The monoisotopic (exact) mass is 166 g/mol. The molecule has 1 aromatic rings. The van der Waals surface area contributed by atoms with Gasteiger partial charge in [-0.2, -0.15) is 0 Å². The summed E-state index contributed by atoms with van der Waals surface area (Å²) < 4.78 is 5.36. The third kappa shape index (κ3) is 1.15. The first-order valence-electron chi connectivity index (χ1n) is 3.86. The van der Waals surface area contributed by atoms with Gasteiger partial charge in [0.2, 0.25) is 0 Å². The van der Waals surface area contributed by atoms with Gasteiger partial charge < -0.3 is 15.1 Å². The number of hydrogen-bond acceptors (Lipinski definition) is 2. The average Bonchev–Trinajstić information content (AvgIpc) is 2.58. The van der Waals surface area contributed by atoms with Gasteiger partial charge in [-0.25, -0.2) is 4.79 Å². The third-order valence-corrected chi connectivity index (χ3v) is 1.88. The summed E-state index contributed by atoms with van der Waals surface area (Å²) in [6, 6.07) is 3.63. The minimum atomic E-state index is -0.131. The van der Waals surface area contributed by atoms with E-state index in [1.807, 2.05) is 19.1 Å². The number of carbonyl (C=O) groups excluding carboxylic acids is 1. The molecule has 0 aliphatic carbocycles. The molecule has 0 aromatic carbocycles. The third-order valence-electron chi connectivity index (χ3n) is 1.88. The number of furan rings is 1. The molecule has 0 unspecified atom stereocenters. The summed E-state index contributed by atoms with van der Waals surface area (Å²) in [6.07, 6.45) is 0. The normalized spacial score (nSPS) is 22.1. The molecule has 2 rings (SSSR count). The van der Waals surface area contributed by atoms with Gasteiger partial charge >= 0.3 is 6.03 Å². The number of urea groups is 1. The fraction of sp³-hybridized carbons (Fsp3) is 0.375. The molecule has 4 heteroatoms. The highest BCUT2D eigenvalue weighted by Crippen LogP contribution is 2.17. The van der Waals surface area contributed by atoms with Crippen LogP contribution in [0.25, 0.3) is 0 Å². The molecule has 1 atom stereocenters. The van der Waals surface area contributed by atoms with Gasteiger partial charge in [-0.15, -0.1) is 0 Å². The summed E-state index contributed by atoms with van der Waals surface area (Å²) in [4.78, 5) is 10.8.